The van der Waals surface area contributed by atoms with Gasteiger partial charge in [0.15, 0.2) is 8.32 Å². The highest BCUT2D eigenvalue weighted by molar-refractivity contribution is 6.74. The van der Waals surface area contributed by atoms with Gasteiger partial charge in [0.25, 0.3) is 0 Å². The van der Waals surface area contributed by atoms with Gasteiger partial charge in [0.05, 0.1) is 13.2 Å². The maximum atomic E-state index is 13.3. The lowest BCUT2D eigenvalue weighted by Crippen LogP contribution is -2.57. The van der Waals surface area contributed by atoms with Crippen molar-refractivity contribution in [2.24, 2.45) is 22.7 Å². The van der Waals surface area contributed by atoms with E-state index in [1.54, 1.807) is 7.11 Å². The first kappa shape index (κ1) is 27.9. The second-order valence-corrected chi connectivity index (χ2v) is 18.6. The summed E-state index contributed by atoms with van der Waals surface area (Å²) in [5, 5.41) is 9.53. The van der Waals surface area contributed by atoms with Crippen LogP contribution in [-0.2, 0) is 15.6 Å². The van der Waals surface area contributed by atoms with Gasteiger partial charge < -0.3 is 19.1 Å². The largest absolute Gasteiger partial charge is 0.497 e. The molecule has 0 heterocycles. The number of rotatable bonds is 9. The molecule has 36 heavy (non-hydrogen) atoms. The molecule has 5 heteroatoms. The molecule has 3 aliphatic rings. The Balaban J connectivity index is 1.74. The van der Waals surface area contributed by atoms with Crippen molar-refractivity contribution in [1.82, 2.24) is 0 Å². The van der Waals surface area contributed by atoms with E-state index in [-0.39, 0.29) is 34.5 Å². The summed E-state index contributed by atoms with van der Waals surface area (Å²) in [5.41, 5.74) is 2.46. The zero-order chi connectivity index (χ0) is 26.4. The van der Waals surface area contributed by atoms with Crippen molar-refractivity contribution in [3.05, 3.63) is 29.3 Å². The van der Waals surface area contributed by atoms with E-state index in [9.17, 15) is 9.90 Å². The molecule has 0 aliphatic heterocycles. The number of methoxy groups -OCH3 is 1. The average molecular weight is 515 g/mol. The van der Waals surface area contributed by atoms with Crippen molar-refractivity contribution in [2.45, 2.75) is 116 Å². The molecule has 2 saturated carbocycles. The number of benzene rings is 1. The highest BCUT2D eigenvalue weighted by Gasteiger charge is 2.65. The predicted molar refractivity (Wildman–Crippen MR) is 149 cm³/mol. The van der Waals surface area contributed by atoms with E-state index < -0.39 is 8.32 Å². The fourth-order valence-electron chi connectivity index (χ4n) is 8.05. The van der Waals surface area contributed by atoms with Crippen molar-refractivity contribution in [2.75, 3.05) is 13.7 Å². The van der Waals surface area contributed by atoms with E-state index in [1.165, 1.54) is 17.4 Å². The van der Waals surface area contributed by atoms with Gasteiger partial charge in [0.2, 0.25) is 0 Å². The normalized spacial score (nSPS) is 34.0. The molecule has 4 rings (SSSR count). The molecule has 0 aromatic heterocycles. The molecule has 3 aliphatic carbocycles. The highest BCUT2D eigenvalue weighted by atomic mass is 28.4. The lowest BCUT2D eigenvalue weighted by molar-refractivity contribution is -0.139. The van der Waals surface area contributed by atoms with Gasteiger partial charge >= 0.3 is 0 Å². The third-order valence-corrected chi connectivity index (χ3v) is 15.3. The van der Waals surface area contributed by atoms with Gasteiger partial charge in [-0.3, -0.25) is 0 Å². The SMILES string of the molecule is COc1ccc2c(c1)CC[C@@]1(C=O)[C@@H]3CC[C@H](O[Si](C)(C)C(C)(C)C)[C@@]3(C)C[C@H](CCCCCO)[C@H]21. The average Bonchev–Trinajstić information content (AvgIpc) is 3.15. The number of aliphatic hydroxyl groups excluding tert-OH is 1. The van der Waals surface area contributed by atoms with E-state index >= 15 is 0 Å². The summed E-state index contributed by atoms with van der Waals surface area (Å²) in [6.45, 7) is 14.5. The second-order valence-electron chi connectivity index (χ2n) is 13.8. The Morgan fingerprint density at radius 3 is 2.56 bits per heavy atom. The molecular formula is C31H50O4Si. The number of unbranched alkanes of at least 4 members (excludes halogenated alkanes) is 2. The minimum atomic E-state index is -1.93. The minimum absolute atomic E-state index is 0.0263. The smallest absolute Gasteiger partial charge is 0.192 e. The number of aryl methyl sites for hydroxylation is 1. The van der Waals surface area contributed by atoms with Gasteiger partial charge in [-0.25, -0.2) is 0 Å². The number of carbonyl (C=O) groups excluding carboxylic acids is 1. The number of aliphatic hydroxyl groups is 1. The van der Waals surface area contributed by atoms with Crippen LogP contribution in [0.4, 0.5) is 0 Å². The zero-order valence-electron chi connectivity index (χ0n) is 23.9. The van der Waals surface area contributed by atoms with Crippen LogP contribution in [0.3, 0.4) is 0 Å². The summed E-state index contributed by atoms with van der Waals surface area (Å²) in [7, 11) is -0.194. The van der Waals surface area contributed by atoms with Crippen LogP contribution >= 0.6 is 0 Å². The maximum Gasteiger partial charge on any atom is 0.192 e. The summed E-state index contributed by atoms with van der Waals surface area (Å²) in [6.07, 6.45) is 10.9. The summed E-state index contributed by atoms with van der Waals surface area (Å²) in [4.78, 5) is 13.3. The van der Waals surface area contributed by atoms with Crippen LogP contribution in [0.25, 0.3) is 0 Å². The Labute approximate surface area is 220 Å². The first-order valence-corrected chi connectivity index (χ1v) is 17.3. The van der Waals surface area contributed by atoms with Crippen LogP contribution in [0.2, 0.25) is 18.1 Å². The first-order chi connectivity index (χ1) is 16.9. The molecule has 1 aromatic carbocycles. The maximum absolute atomic E-state index is 13.3. The number of carbonyl (C=O) groups is 1. The fourth-order valence-corrected chi connectivity index (χ4v) is 9.51. The molecule has 1 aromatic rings. The molecule has 0 amide bonds. The van der Waals surface area contributed by atoms with Crippen molar-refractivity contribution in [3.63, 3.8) is 0 Å². The molecule has 0 bridgehead atoms. The van der Waals surface area contributed by atoms with Gasteiger partial charge in [0, 0.05) is 12.0 Å². The minimum Gasteiger partial charge on any atom is -0.497 e. The Hall–Kier alpha value is -1.17. The van der Waals surface area contributed by atoms with Crippen molar-refractivity contribution < 1.29 is 19.1 Å². The molecule has 0 unspecified atom stereocenters. The molecule has 2 fully saturated rings. The number of ether oxygens (including phenoxy) is 1. The van der Waals surface area contributed by atoms with E-state index in [0.29, 0.717) is 11.8 Å². The predicted octanol–water partition coefficient (Wildman–Crippen LogP) is 7.29. The van der Waals surface area contributed by atoms with Crippen LogP contribution in [0, 0.1) is 22.7 Å². The Bertz CT molecular complexity index is 937. The molecule has 1 N–H and O–H groups in total. The van der Waals surface area contributed by atoms with Gasteiger partial charge in [-0.2, -0.15) is 0 Å². The molecule has 0 spiro atoms. The Kier molecular flexibility index (Phi) is 7.88. The summed E-state index contributed by atoms with van der Waals surface area (Å²) in [5.74, 6) is 2.00. The summed E-state index contributed by atoms with van der Waals surface area (Å²) in [6, 6.07) is 6.56. The van der Waals surface area contributed by atoms with Gasteiger partial charge in [0.1, 0.15) is 12.0 Å². The third-order valence-electron chi connectivity index (χ3n) is 10.9. The van der Waals surface area contributed by atoms with Gasteiger partial charge in [-0.15, -0.1) is 0 Å². The van der Waals surface area contributed by atoms with Crippen LogP contribution < -0.4 is 4.74 Å². The standard InChI is InChI=1S/C31H50O4Si/c1-29(2,3)36(6,7)35-27-15-14-26-30(27,4)20-23(11-9-8-10-18-32)28-25-13-12-24(34-5)19-22(25)16-17-31(26,28)21-33/h12-13,19,21,23,26-28,32H,8-11,14-18,20H2,1-7H3/t23-,26+,27-,28+,30-,31+/m0/s1. The molecule has 0 radical (unpaired) electrons. The summed E-state index contributed by atoms with van der Waals surface area (Å²) >= 11 is 0. The first-order valence-electron chi connectivity index (χ1n) is 14.4. The highest BCUT2D eigenvalue weighted by Crippen LogP contribution is 2.69. The van der Waals surface area contributed by atoms with Crippen molar-refractivity contribution in [3.8, 4) is 5.75 Å². The lowest BCUT2D eigenvalue weighted by Gasteiger charge is -2.60. The van der Waals surface area contributed by atoms with Crippen LogP contribution in [0.15, 0.2) is 18.2 Å². The molecule has 0 saturated heterocycles. The van der Waals surface area contributed by atoms with Crippen LogP contribution in [-0.4, -0.2) is 39.5 Å². The second kappa shape index (κ2) is 10.2. The monoisotopic (exact) mass is 514 g/mol. The van der Waals surface area contributed by atoms with E-state index in [1.807, 2.05) is 0 Å². The number of hydrogen-bond donors (Lipinski definition) is 1. The number of aldehydes is 1. The zero-order valence-corrected chi connectivity index (χ0v) is 24.9. The Morgan fingerprint density at radius 2 is 1.92 bits per heavy atom. The molecule has 4 nitrogen and oxygen atoms in total. The van der Waals surface area contributed by atoms with Crippen molar-refractivity contribution >= 4 is 14.6 Å². The van der Waals surface area contributed by atoms with Gasteiger partial charge in [-0.1, -0.05) is 46.6 Å². The van der Waals surface area contributed by atoms with E-state index in [4.69, 9.17) is 9.16 Å². The third kappa shape index (κ3) is 4.62. The van der Waals surface area contributed by atoms with E-state index in [0.717, 1.165) is 63.5 Å². The fraction of sp³-hybridized carbons (Fsp3) is 0.774. The lowest BCUT2D eigenvalue weighted by atomic mass is 9.44. The quantitative estimate of drug-likeness (QED) is 0.214. The molecule has 202 valence electrons. The number of hydrogen-bond acceptors (Lipinski definition) is 4. The topological polar surface area (TPSA) is 55.8 Å². The molecule has 6 atom stereocenters. The Morgan fingerprint density at radius 1 is 1.17 bits per heavy atom. The van der Waals surface area contributed by atoms with E-state index in [2.05, 4.69) is 59.0 Å². The summed E-state index contributed by atoms with van der Waals surface area (Å²) < 4.78 is 12.7. The number of fused-ring (bicyclic) bond motifs is 5. The van der Waals surface area contributed by atoms with Crippen LogP contribution in [0.5, 0.6) is 5.75 Å². The van der Waals surface area contributed by atoms with Crippen molar-refractivity contribution in [1.29, 1.82) is 0 Å². The van der Waals surface area contributed by atoms with Gasteiger partial charge in [-0.05, 0) is 110 Å². The van der Waals surface area contributed by atoms with Crippen LogP contribution in [0.1, 0.15) is 96.1 Å². The molecular weight excluding hydrogens is 464 g/mol.